The van der Waals surface area contributed by atoms with Gasteiger partial charge >= 0.3 is 0 Å². The SMILES string of the molecule is COc1cc(/C=C2/SC(=O)N(CC(=O)Nc3ccc(Br)cc3)C2=O)ccc1OCc1ccc(Cl)cc1Cl. The van der Waals surface area contributed by atoms with E-state index in [0.717, 1.165) is 26.7 Å². The molecule has 0 unspecified atom stereocenters. The van der Waals surface area contributed by atoms with E-state index in [4.69, 9.17) is 32.7 Å². The maximum Gasteiger partial charge on any atom is 0.294 e. The van der Waals surface area contributed by atoms with Gasteiger partial charge < -0.3 is 14.8 Å². The first-order valence-corrected chi connectivity index (χ1v) is 13.2. The third kappa shape index (κ3) is 6.87. The van der Waals surface area contributed by atoms with Crippen molar-refractivity contribution in [2.75, 3.05) is 19.0 Å². The minimum absolute atomic E-state index is 0.199. The van der Waals surface area contributed by atoms with Gasteiger partial charge in [-0.15, -0.1) is 0 Å². The molecule has 1 aliphatic rings. The Morgan fingerprint density at radius 3 is 2.51 bits per heavy atom. The fourth-order valence-electron chi connectivity index (χ4n) is 3.35. The van der Waals surface area contributed by atoms with Crippen molar-refractivity contribution < 1.29 is 23.9 Å². The van der Waals surface area contributed by atoms with Gasteiger partial charge in [0, 0.05) is 25.8 Å². The molecule has 3 amide bonds. The second kappa shape index (κ2) is 12.0. The highest BCUT2D eigenvalue weighted by Crippen LogP contribution is 2.35. The Labute approximate surface area is 235 Å². The lowest BCUT2D eigenvalue weighted by Crippen LogP contribution is -2.36. The molecule has 1 heterocycles. The number of methoxy groups -OCH3 is 1. The van der Waals surface area contributed by atoms with E-state index < -0.39 is 17.1 Å². The monoisotopic (exact) mass is 620 g/mol. The Balaban J connectivity index is 1.43. The number of thioether (sulfide) groups is 1. The normalized spacial score (nSPS) is 14.3. The van der Waals surface area contributed by atoms with E-state index in [-0.39, 0.29) is 18.1 Å². The lowest BCUT2D eigenvalue weighted by Gasteiger charge is -2.13. The number of anilines is 1. The number of imide groups is 1. The zero-order chi connectivity index (χ0) is 26.5. The molecule has 1 N–H and O–H groups in total. The molecule has 0 radical (unpaired) electrons. The van der Waals surface area contributed by atoms with E-state index in [2.05, 4.69) is 21.2 Å². The molecular weight excluding hydrogens is 603 g/mol. The molecule has 3 aromatic rings. The van der Waals surface area contributed by atoms with Crippen LogP contribution in [-0.4, -0.2) is 35.6 Å². The molecule has 7 nitrogen and oxygen atoms in total. The Bertz CT molecular complexity index is 1400. The average Bonchev–Trinajstić information content (AvgIpc) is 3.12. The van der Waals surface area contributed by atoms with E-state index in [1.54, 1.807) is 66.7 Å². The Hall–Kier alpha value is -2.98. The predicted octanol–water partition coefficient (Wildman–Crippen LogP) is 7.02. The molecule has 0 bridgehead atoms. The smallest absolute Gasteiger partial charge is 0.294 e. The summed E-state index contributed by atoms with van der Waals surface area (Å²) in [6.07, 6.45) is 1.57. The molecule has 11 heteroatoms. The van der Waals surface area contributed by atoms with Crippen LogP contribution in [0.4, 0.5) is 10.5 Å². The molecule has 1 saturated heterocycles. The topological polar surface area (TPSA) is 84.9 Å². The first kappa shape index (κ1) is 27.1. The van der Waals surface area contributed by atoms with Gasteiger partial charge in [0.05, 0.1) is 12.0 Å². The second-order valence-electron chi connectivity index (χ2n) is 7.76. The number of rotatable bonds is 8. The molecule has 0 atom stereocenters. The van der Waals surface area contributed by atoms with Gasteiger partial charge in [0.2, 0.25) is 5.91 Å². The number of benzene rings is 3. The molecule has 4 rings (SSSR count). The van der Waals surface area contributed by atoms with Crippen molar-refractivity contribution in [1.29, 1.82) is 0 Å². The number of carbonyl (C=O) groups is 3. The molecule has 190 valence electrons. The van der Waals surface area contributed by atoms with Crippen LogP contribution in [-0.2, 0) is 16.2 Å². The van der Waals surface area contributed by atoms with Gasteiger partial charge in [-0.05, 0) is 71.9 Å². The predicted molar refractivity (Wildman–Crippen MR) is 149 cm³/mol. The third-order valence-electron chi connectivity index (χ3n) is 5.19. The van der Waals surface area contributed by atoms with E-state index in [1.165, 1.54) is 7.11 Å². The summed E-state index contributed by atoms with van der Waals surface area (Å²) in [7, 11) is 1.50. The fourth-order valence-corrected chi connectivity index (χ4v) is 4.92. The summed E-state index contributed by atoms with van der Waals surface area (Å²) in [4.78, 5) is 38.8. The minimum Gasteiger partial charge on any atom is -0.493 e. The van der Waals surface area contributed by atoms with Gasteiger partial charge in [0.25, 0.3) is 11.1 Å². The maximum atomic E-state index is 12.8. The van der Waals surface area contributed by atoms with Crippen LogP contribution in [0.1, 0.15) is 11.1 Å². The van der Waals surface area contributed by atoms with Crippen LogP contribution in [0, 0.1) is 0 Å². The standard InChI is InChI=1S/C26H19BrCl2N2O5S/c1-35-22-10-15(2-9-21(22)36-14-16-3-6-18(28)12-20(16)29)11-23-25(33)31(26(34)37-23)13-24(32)30-19-7-4-17(27)5-8-19/h2-12H,13-14H2,1H3,(H,30,32)/b23-11+. The molecule has 0 aliphatic carbocycles. The van der Waals surface area contributed by atoms with E-state index in [0.29, 0.717) is 32.8 Å². The van der Waals surface area contributed by atoms with Gasteiger partial charge in [-0.1, -0.05) is 51.3 Å². The van der Waals surface area contributed by atoms with Crippen LogP contribution in [0.5, 0.6) is 11.5 Å². The highest BCUT2D eigenvalue weighted by Gasteiger charge is 2.36. The van der Waals surface area contributed by atoms with Crippen molar-refractivity contribution in [2.24, 2.45) is 0 Å². The van der Waals surface area contributed by atoms with Crippen LogP contribution in [0.2, 0.25) is 10.0 Å². The van der Waals surface area contributed by atoms with Crippen molar-refractivity contribution in [3.8, 4) is 11.5 Å². The molecule has 37 heavy (non-hydrogen) atoms. The molecule has 3 aromatic carbocycles. The number of nitrogens with one attached hydrogen (secondary N) is 1. The quantitative estimate of drug-likeness (QED) is 0.272. The summed E-state index contributed by atoms with van der Waals surface area (Å²) >= 11 is 16.2. The average molecular weight is 622 g/mol. The summed E-state index contributed by atoms with van der Waals surface area (Å²) < 4.78 is 12.2. The fraction of sp³-hybridized carbons (Fsp3) is 0.115. The molecule has 1 fully saturated rings. The molecule has 1 aliphatic heterocycles. The van der Waals surface area contributed by atoms with Crippen LogP contribution in [0.25, 0.3) is 6.08 Å². The summed E-state index contributed by atoms with van der Waals surface area (Å²) in [6.45, 7) is -0.186. The number of hydrogen-bond acceptors (Lipinski definition) is 6. The van der Waals surface area contributed by atoms with Gasteiger partial charge in [0.1, 0.15) is 13.2 Å². The first-order chi connectivity index (χ1) is 17.7. The Kier molecular flexibility index (Phi) is 8.81. The van der Waals surface area contributed by atoms with Crippen LogP contribution < -0.4 is 14.8 Å². The van der Waals surface area contributed by atoms with Gasteiger partial charge in [-0.25, -0.2) is 0 Å². The van der Waals surface area contributed by atoms with Crippen molar-refractivity contribution in [3.05, 3.63) is 91.2 Å². The van der Waals surface area contributed by atoms with Crippen molar-refractivity contribution in [1.82, 2.24) is 4.90 Å². The van der Waals surface area contributed by atoms with Crippen molar-refractivity contribution in [3.63, 3.8) is 0 Å². The molecular formula is C26H19BrCl2N2O5S. The Morgan fingerprint density at radius 1 is 1.05 bits per heavy atom. The zero-order valence-corrected chi connectivity index (χ0v) is 23.2. The molecule has 0 saturated carbocycles. The minimum atomic E-state index is -0.544. The summed E-state index contributed by atoms with van der Waals surface area (Å²) in [5, 5.41) is 3.18. The van der Waals surface area contributed by atoms with Crippen molar-refractivity contribution >= 4 is 79.7 Å². The summed E-state index contributed by atoms with van der Waals surface area (Å²) in [5.41, 5.74) is 1.94. The molecule has 0 aromatic heterocycles. The van der Waals surface area contributed by atoms with Crippen LogP contribution in [0.3, 0.4) is 0 Å². The lowest BCUT2D eigenvalue weighted by atomic mass is 10.1. The Morgan fingerprint density at radius 2 is 1.81 bits per heavy atom. The summed E-state index contributed by atoms with van der Waals surface area (Å²) in [5.74, 6) is -0.109. The van der Waals surface area contributed by atoms with Crippen LogP contribution in [0.15, 0.2) is 70.0 Å². The molecule has 0 spiro atoms. The summed E-state index contributed by atoms with van der Waals surface area (Å²) in [6, 6.07) is 17.2. The van der Waals surface area contributed by atoms with Gasteiger partial charge in [0.15, 0.2) is 11.5 Å². The maximum absolute atomic E-state index is 12.8. The number of hydrogen-bond donors (Lipinski definition) is 1. The lowest BCUT2D eigenvalue weighted by molar-refractivity contribution is -0.127. The highest BCUT2D eigenvalue weighted by atomic mass is 79.9. The van der Waals surface area contributed by atoms with E-state index >= 15 is 0 Å². The van der Waals surface area contributed by atoms with Crippen molar-refractivity contribution in [2.45, 2.75) is 6.61 Å². The number of nitrogens with zero attached hydrogens (tertiary/aromatic N) is 1. The second-order valence-corrected chi connectivity index (χ2v) is 10.5. The number of amides is 3. The van der Waals surface area contributed by atoms with Gasteiger partial charge in [-0.3, -0.25) is 19.3 Å². The largest absolute Gasteiger partial charge is 0.493 e. The highest BCUT2D eigenvalue weighted by molar-refractivity contribution is 9.10. The zero-order valence-electron chi connectivity index (χ0n) is 19.3. The third-order valence-corrected chi connectivity index (χ3v) is 7.21. The van der Waals surface area contributed by atoms with Gasteiger partial charge in [-0.2, -0.15) is 0 Å². The van der Waals surface area contributed by atoms with E-state index in [9.17, 15) is 14.4 Å². The number of ether oxygens (including phenoxy) is 2. The van der Waals surface area contributed by atoms with E-state index in [1.807, 2.05) is 0 Å². The first-order valence-electron chi connectivity index (χ1n) is 10.8. The number of halogens is 3. The van der Waals surface area contributed by atoms with Crippen LogP contribution >= 0.6 is 50.9 Å². The number of carbonyl (C=O) groups excluding carboxylic acids is 3.